The first-order chi connectivity index (χ1) is 10.2. The molecular weight excluding hydrogens is 277 g/mol. The van der Waals surface area contributed by atoms with Gasteiger partial charge in [-0.1, -0.05) is 12.1 Å². The number of hydrogen-bond acceptors (Lipinski definition) is 3. The van der Waals surface area contributed by atoms with E-state index < -0.39 is 7.12 Å². The maximum atomic E-state index is 12.5. The number of rotatable bonds is 4. The lowest BCUT2D eigenvalue weighted by Crippen LogP contribution is -2.41. The molecule has 0 bridgehead atoms. The van der Waals surface area contributed by atoms with Crippen molar-refractivity contribution in [3.8, 4) is 0 Å². The van der Waals surface area contributed by atoms with Crippen molar-refractivity contribution in [2.45, 2.75) is 52.7 Å². The van der Waals surface area contributed by atoms with Crippen molar-refractivity contribution in [3.05, 3.63) is 29.8 Å². The van der Waals surface area contributed by atoms with E-state index in [2.05, 4.69) is 0 Å². The molecule has 120 valence electrons. The third-order valence-electron chi connectivity index (χ3n) is 4.71. The molecule has 1 fully saturated rings. The fourth-order valence-corrected chi connectivity index (χ4v) is 2.49. The van der Waals surface area contributed by atoms with Crippen molar-refractivity contribution in [1.29, 1.82) is 0 Å². The van der Waals surface area contributed by atoms with Crippen LogP contribution in [0.25, 0.3) is 0 Å². The molecule has 0 atom stereocenters. The van der Waals surface area contributed by atoms with Gasteiger partial charge in [0.05, 0.1) is 11.2 Å². The van der Waals surface area contributed by atoms with Crippen LogP contribution >= 0.6 is 0 Å². The Morgan fingerprint density at radius 1 is 1.09 bits per heavy atom. The Bertz CT molecular complexity index is 537. The van der Waals surface area contributed by atoms with E-state index in [1.807, 2.05) is 70.7 Å². The second-order valence-corrected chi connectivity index (χ2v) is 6.69. The van der Waals surface area contributed by atoms with Gasteiger partial charge < -0.3 is 14.2 Å². The number of benzene rings is 1. The monoisotopic (exact) mass is 303 g/mol. The lowest BCUT2D eigenvalue weighted by atomic mass is 9.78. The van der Waals surface area contributed by atoms with E-state index in [-0.39, 0.29) is 17.1 Å². The van der Waals surface area contributed by atoms with Gasteiger partial charge in [-0.2, -0.15) is 0 Å². The van der Waals surface area contributed by atoms with Crippen LogP contribution < -0.4 is 5.46 Å². The molecule has 0 unspecified atom stereocenters. The van der Waals surface area contributed by atoms with Crippen molar-refractivity contribution in [2.24, 2.45) is 0 Å². The molecule has 1 aromatic carbocycles. The van der Waals surface area contributed by atoms with Gasteiger partial charge in [-0.15, -0.1) is 0 Å². The summed E-state index contributed by atoms with van der Waals surface area (Å²) >= 11 is 0. The minimum absolute atomic E-state index is 0.0448. The van der Waals surface area contributed by atoms with Crippen molar-refractivity contribution >= 4 is 18.5 Å². The van der Waals surface area contributed by atoms with E-state index in [4.69, 9.17) is 9.31 Å². The third kappa shape index (κ3) is 3.06. The van der Waals surface area contributed by atoms with Crippen LogP contribution in [-0.2, 0) is 9.31 Å². The van der Waals surface area contributed by atoms with Gasteiger partial charge in [0.15, 0.2) is 0 Å². The standard InChI is InChI=1S/C17H26BNO3/c1-7-19(8-2)15(20)13-10-9-11-14(12-13)18-21-16(3,4)17(5,6)22-18/h9-12H,7-8H2,1-6H3. The minimum atomic E-state index is -0.436. The molecule has 5 heteroatoms. The molecule has 1 heterocycles. The highest BCUT2D eigenvalue weighted by Gasteiger charge is 2.51. The molecule has 0 N–H and O–H groups in total. The van der Waals surface area contributed by atoms with Gasteiger partial charge in [0, 0.05) is 18.7 Å². The number of carbonyl (C=O) groups is 1. The molecular formula is C17H26BNO3. The summed E-state index contributed by atoms with van der Waals surface area (Å²) in [5, 5.41) is 0. The Morgan fingerprint density at radius 3 is 2.14 bits per heavy atom. The molecule has 0 aliphatic carbocycles. The quantitative estimate of drug-likeness (QED) is 0.802. The predicted molar refractivity (Wildman–Crippen MR) is 89.4 cm³/mol. The molecule has 1 aliphatic rings. The second-order valence-electron chi connectivity index (χ2n) is 6.69. The summed E-state index contributed by atoms with van der Waals surface area (Å²) in [6.45, 7) is 13.5. The van der Waals surface area contributed by atoms with Gasteiger partial charge in [-0.05, 0) is 59.1 Å². The van der Waals surface area contributed by atoms with Gasteiger partial charge in [0.25, 0.3) is 5.91 Å². The average molecular weight is 303 g/mol. The zero-order valence-corrected chi connectivity index (χ0v) is 14.5. The van der Waals surface area contributed by atoms with Crippen molar-refractivity contribution in [1.82, 2.24) is 4.90 Å². The minimum Gasteiger partial charge on any atom is -0.399 e. The largest absolute Gasteiger partial charge is 0.494 e. The van der Waals surface area contributed by atoms with Crippen LogP contribution in [0.1, 0.15) is 51.9 Å². The van der Waals surface area contributed by atoms with Gasteiger partial charge in [0.2, 0.25) is 0 Å². The maximum Gasteiger partial charge on any atom is 0.494 e. The van der Waals surface area contributed by atoms with Crippen LogP contribution in [0.15, 0.2) is 24.3 Å². The molecule has 2 rings (SSSR count). The summed E-state index contributed by atoms with van der Waals surface area (Å²) in [5.74, 6) is 0.0448. The SMILES string of the molecule is CCN(CC)C(=O)c1cccc(B2OC(C)(C)C(C)(C)O2)c1. The Hall–Kier alpha value is -1.33. The highest BCUT2D eigenvalue weighted by atomic mass is 16.7. The Kier molecular flexibility index (Phi) is 4.69. The van der Waals surface area contributed by atoms with Gasteiger partial charge in [-0.25, -0.2) is 0 Å². The van der Waals surface area contributed by atoms with Gasteiger partial charge in [-0.3, -0.25) is 4.79 Å². The van der Waals surface area contributed by atoms with E-state index in [0.717, 1.165) is 5.46 Å². The average Bonchev–Trinajstić information content (AvgIpc) is 2.69. The van der Waals surface area contributed by atoms with Crippen molar-refractivity contribution in [3.63, 3.8) is 0 Å². The summed E-state index contributed by atoms with van der Waals surface area (Å²) in [5.41, 5.74) is 0.806. The zero-order valence-electron chi connectivity index (χ0n) is 14.5. The first-order valence-electron chi connectivity index (χ1n) is 7.96. The van der Waals surface area contributed by atoms with Crippen molar-refractivity contribution < 1.29 is 14.1 Å². The molecule has 0 aromatic heterocycles. The molecule has 1 aromatic rings. The third-order valence-corrected chi connectivity index (χ3v) is 4.71. The number of carbonyl (C=O) groups excluding carboxylic acids is 1. The lowest BCUT2D eigenvalue weighted by molar-refractivity contribution is 0.00578. The lowest BCUT2D eigenvalue weighted by Gasteiger charge is -2.32. The predicted octanol–water partition coefficient (Wildman–Crippen LogP) is 2.47. The maximum absolute atomic E-state index is 12.5. The topological polar surface area (TPSA) is 38.8 Å². The fourth-order valence-electron chi connectivity index (χ4n) is 2.49. The molecule has 22 heavy (non-hydrogen) atoms. The van der Waals surface area contributed by atoms with Crippen LogP contribution in [0.4, 0.5) is 0 Å². The molecule has 1 saturated heterocycles. The second kappa shape index (κ2) is 6.05. The van der Waals surface area contributed by atoms with Gasteiger partial charge >= 0.3 is 7.12 Å². The molecule has 0 radical (unpaired) electrons. The first kappa shape index (κ1) is 17.0. The summed E-state index contributed by atoms with van der Waals surface area (Å²) < 4.78 is 12.1. The molecule has 4 nitrogen and oxygen atoms in total. The summed E-state index contributed by atoms with van der Waals surface area (Å²) in [6.07, 6.45) is 0. The normalized spacial score (nSPS) is 19.3. The number of nitrogens with zero attached hydrogens (tertiary/aromatic N) is 1. The highest BCUT2D eigenvalue weighted by Crippen LogP contribution is 2.36. The smallest absolute Gasteiger partial charge is 0.399 e. The molecule has 1 amide bonds. The molecule has 0 spiro atoms. The summed E-state index contributed by atoms with van der Waals surface area (Å²) in [6, 6.07) is 7.55. The van der Waals surface area contributed by atoms with E-state index in [1.54, 1.807) is 0 Å². The Labute approximate surface area is 133 Å². The molecule has 0 saturated carbocycles. The van der Waals surface area contributed by atoms with E-state index in [0.29, 0.717) is 18.7 Å². The van der Waals surface area contributed by atoms with Crippen LogP contribution in [-0.4, -0.2) is 42.2 Å². The summed E-state index contributed by atoms with van der Waals surface area (Å²) in [7, 11) is -0.436. The number of amides is 1. The van der Waals surface area contributed by atoms with E-state index >= 15 is 0 Å². The van der Waals surface area contributed by atoms with Crippen LogP contribution in [0.5, 0.6) is 0 Å². The van der Waals surface area contributed by atoms with E-state index in [9.17, 15) is 4.79 Å². The van der Waals surface area contributed by atoms with Crippen LogP contribution in [0, 0.1) is 0 Å². The molecule has 1 aliphatic heterocycles. The van der Waals surface area contributed by atoms with Crippen molar-refractivity contribution in [2.75, 3.05) is 13.1 Å². The van der Waals surface area contributed by atoms with Crippen LogP contribution in [0.2, 0.25) is 0 Å². The first-order valence-corrected chi connectivity index (χ1v) is 7.96. The Morgan fingerprint density at radius 2 is 1.64 bits per heavy atom. The summed E-state index contributed by atoms with van der Waals surface area (Å²) in [4.78, 5) is 14.3. The fraction of sp³-hybridized carbons (Fsp3) is 0.588. The van der Waals surface area contributed by atoms with E-state index in [1.165, 1.54) is 0 Å². The van der Waals surface area contributed by atoms with Crippen LogP contribution in [0.3, 0.4) is 0 Å². The highest BCUT2D eigenvalue weighted by molar-refractivity contribution is 6.62. The zero-order chi connectivity index (χ0) is 16.5. The Balaban J connectivity index is 2.25. The van der Waals surface area contributed by atoms with Gasteiger partial charge in [0.1, 0.15) is 0 Å². The number of hydrogen-bond donors (Lipinski definition) is 0.